The van der Waals surface area contributed by atoms with E-state index in [9.17, 15) is 18.0 Å². The number of benzene rings is 1. The first-order valence-electron chi connectivity index (χ1n) is 4.49. The highest BCUT2D eigenvalue weighted by atomic mass is 35.5. The molecule has 1 aromatic carbocycles. The Morgan fingerprint density at radius 2 is 1.94 bits per heavy atom. The molecule has 0 fully saturated rings. The molecule has 0 saturated heterocycles. The second-order valence-corrected chi connectivity index (χ2v) is 3.35. The fourth-order valence-electron chi connectivity index (χ4n) is 1.14. The van der Waals surface area contributed by atoms with E-state index >= 15 is 0 Å². The maximum Gasteiger partial charge on any atom is 0.573 e. The lowest BCUT2D eigenvalue weighted by atomic mass is 10.3. The number of alkyl halides is 3. The first-order valence-corrected chi connectivity index (χ1v) is 4.87. The highest BCUT2D eigenvalue weighted by Crippen LogP contribution is 2.25. The average Bonchev–Trinajstić information content (AvgIpc) is 2.25. The SMILES string of the molecule is [C-]#[N+]CN(C(=O)Cl)c1ccc(OC(F)(F)F)cc1. The van der Waals surface area contributed by atoms with Gasteiger partial charge in [-0.3, -0.25) is 9.64 Å². The molecule has 1 rings (SSSR count). The van der Waals surface area contributed by atoms with Gasteiger partial charge in [0, 0.05) is 0 Å². The van der Waals surface area contributed by atoms with Crippen molar-refractivity contribution in [2.24, 2.45) is 0 Å². The molecule has 0 bridgehead atoms. The molecule has 0 aromatic heterocycles. The van der Waals surface area contributed by atoms with Crippen LogP contribution in [0.15, 0.2) is 24.3 Å². The van der Waals surface area contributed by atoms with Crippen LogP contribution in [0.25, 0.3) is 4.85 Å². The van der Waals surface area contributed by atoms with Gasteiger partial charge in [0.1, 0.15) is 5.75 Å². The van der Waals surface area contributed by atoms with Crippen LogP contribution in [0.3, 0.4) is 0 Å². The lowest BCUT2D eigenvalue weighted by Gasteiger charge is -2.14. The molecule has 0 radical (unpaired) electrons. The average molecular weight is 279 g/mol. The number of rotatable bonds is 3. The van der Waals surface area contributed by atoms with Crippen molar-refractivity contribution in [3.63, 3.8) is 0 Å². The Labute approximate surface area is 105 Å². The van der Waals surface area contributed by atoms with E-state index in [0.717, 1.165) is 17.0 Å². The van der Waals surface area contributed by atoms with Crippen molar-refractivity contribution in [3.8, 4) is 5.75 Å². The largest absolute Gasteiger partial charge is 0.573 e. The van der Waals surface area contributed by atoms with E-state index < -0.39 is 17.5 Å². The zero-order valence-corrected chi connectivity index (χ0v) is 9.50. The van der Waals surface area contributed by atoms with Crippen LogP contribution in [0.4, 0.5) is 23.7 Å². The minimum atomic E-state index is -4.78. The molecule has 0 saturated carbocycles. The van der Waals surface area contributed by atoms with Gasteiger partial charge in [-0.2, -0.15) is 0 Å². The number of hydrogen-bond donors (Lipinski definition) is 0. The van der Waals surface area contributed by atoms with Crippen molar-refractivity contribution in [1.82, 2.24) is 0 Å². The van der Waals surface area contributed by atoms with E-state index in [-0.39, 0.29) is 12.4 Å². The summed E-state index contributed by atoms with van der Waals surface area (Å²) in [6.07, 6.45) is -4.78. The Bertz CT molecular complexity index is 467. The predicted octanol–water partition coefficient (Wildman–Crippen LogP) is 3.63. The molecule has 8 heteroatoms. The predicted molar refractivity (Wildman–Crippen MR) is 58.3 cm³/mol. The van der Waals surface area contributed by atoms with Crippen LogP contribution in [0.5, 0.6) is 5.75 Å². The Hall–Kier alpha value is -1.94. The van der Waals surface area contributed by atoms with E-state index in [1.54, 1.807) is 0 Å². The van der Waals surface area contributed by atoms with E-state index in [1.165, 1.54) is 12.1 Å². The molecule has 1 amide bonds. The van der Waals surface area contributed by atoms with Crippen molar-refractivity contribution in [2.45, 2.75) is 6.36 Å². The summed E-state index contributed by atoms with van der Waals surface area (Å²) in [7, 11) is 0. The zero-order valence-electron chi connectivity index (χ0n) is 8.74. The highest BCUT2D eigenvalue weighted by Gasteiger charge is 2.31. The number of amides is 1. The highest BCUT2D eigenvalue weighted by molar-refractivity contribution is 6.66. The monoisotopic (exact) mass is 278 g/mol. The van der Waals surface area contributed by atoms with E-state index in [1.807, 2.05) is 0 Å². The summed E-state index contributed by atoms with van der Waals surface area (Å²) in [5.41, 5.74) is 0.209. The minimum Gasteiger partial charge on any atom is -0.406 e. The standard InChI is InChI=1S/C10H6ClF3N2O2/c1-15-6-16(9(11)17)7-2-4-8(5-3-7)18-10(12,13)14/h2-5H,6H2. The molecular weight excluding hydrogens is 273 g/mol. The Morgan fingerprint density at radius 3 is 2.33 bits per heavy atom. The number of nitrogens with zero attached hydrogens (tertiary/aromatic N) is 2. The second-order valence-electron chi connectivity index (χ2n) is 3.02. The van der Waals surface area contributed by atoms with E-state index in [2.05, 4.69) is 9.58 Å². The molecule has 0 aliphatic heterocycles. The number of ether oxygens (including phenoxy) is 1. The van der Waals surface area contributed by atoms with Crippen molar-refractivity contribution >= 4 is 22.7 Å². The Kier molecular flexibility index (Phi) is 4.39. The molecule has 0 unspecified atom stereocenters. The van der Waals surface area contributed by atoms with Gasteiger partial charge in [-0.25, -0.2) is 11.5 Å². The summed E-state index contributed by atoms with van der Waals surface area (Å²) in [5, 5.41) is -0.893. The third kappa shape index (κ3) is 4.14. The molecular formula is C10H6ClF3N2O2. The van der Waals surface area contributed by atoms with Crippen LogP contribution in [0, 0.1) is 6.57 Å². The second kappa shape index (κ2) is 5.60. The molecule has 96 valence electrons. The Morgan fingerprint density at radius 1 is 1.39 bits per heavy atom. The van der Waals surface area contributed by atoms with Crippen LogP contribution in [0.2, 0.25) is 0 Å². The van der Waals surface area contributed by atoms with Gasteiger partial charge in [-0.05, 0) is 35.9 Å². The van der Waals surface area contributed by atoms with Crippen LogP contribution >= 0.6 is 11.6 Å². The van der Waals surface area contributed by atoms with Crippen molar-refractivity contribution in [2.75, 3.05) is 11.6 Å². The minimum absolute atomic E-state index is 0.209. The first-order chi connectivity index (χ1) is 8.33. The summed E-state index contributed by atoms with van der Waals surface area (Å²) in [6.45, 7) is 6.32. The molecule has 1 aromatic rings. The summed E-state index contributed by atoms with van der Waals surface area (Å²) in [6, 6.07) is 4.46. The van der Waals surface area contributed by atoms with Gasteiger partial charge >= 0.3 is 11.7 Å². The summed E-state index contributed by atoms with van der Waals surface area (Å²) in [5.74, 6) is -0.420. The molecule has 0 atom stereocenters. The number of carbonyl (C=O) groups is 1. The topological polar surface area (TPSA) is 33.9 Å². The van der Waals surface area contributed by atoms with Gasteiger partial charge in [-0.1, -0.05) is 0 Å². The number of carbonyl (C=O) groups excluding carboxylic acids is 1. The fraction of sp³-hybridized carbons (Fsp3) is 0.200. The van der Waals surface area contributed by atoms with Gasteiger partial charge in [0.2, 0.25) is 0 Å². The smallest absolute Gasteiger partial charge is 0.406 e. The molecule has 0 aliphatic carbocycles. The van der Waals surface area contributed by atoms with Gasteiger partial charge < -0.3 is 4.74 Å². The summed E-state index contributed by atoms with van der Waals surface area (Å²) < 4.78 is 39.4. The van der Waals surface area contributed by atoms with Crippen LogP contribution < -0.4 is 9.64 Å². The molecule has 0 spiro atoms. The third-order valence-electron chi connectivity index (χ3n) is 1.81. The lowest BCUT2D eigenvalue weighted by molar-refractivity contribution is -0.274. The number of halogens is 4. The molecule has 0 heterocycles. The Balaban J connectivity index is 2.88. The number of hydrogen-bond acceptors (Lipinski definition) is 2. The molecule has 0 aliphatic rings. The van der Waals surface area contributed by atoms with Gasteiger partial charge in [-0.15, -0.1) is 13.2 Å². The first kappa shape index (κ1) is 14.1. The quantitative estimate of drug-likeness (QED) is 0.481. The molecule has 18 heavy (non-hydrogen) atoms. The van der Waals surface area contributed by atoms with E-state index in [0.29, 0.717) is 0 Å². The number of anilines is 1. The normalized spacial score (nSPS) is 10.6. The molecule has 0 N–H and O–H groups in total. The van der Waals surface area contributed by atoms with Gasteiger partial charge in [0.05, 0.1) is 5.69 Å². The van der Waals surface area contributed by atoms with Crippen LogP contribution in [0.1, 0.15) is 0 Å². The molecule has 4 nitrogen and oxygen atoms in total. The van der Waals surface area contributed by atoms with Crippen molar-refractivity contribution in [1.29, 1.82) is 0 Å². The van der Waals surface area contributed by atoms with Crippen LogP contribution in [-0.4, -0.2) is 18.4 Å². The maximum atomic E-state index is 11.9. The third-order valence-corrected chi connectivity index (χ3v) is 2.01. The van der Waals surface area contributed by atoms with Gasteiger partial charge in [0.15, 0.2) is 0 Å². The van der Waals surface area contributed by atoms with Gasteiger partial charge in [0.25, 0.3) is 6.67 Å². The summed E-state index contributed by atoms with van der Waals surface area (Å²) in [4.78, 5) is 14.9. The lowest BCUT2D eigenvalue weighted by Crippen LogP contribution is -2.25. The maximum absolute atomic E-state index is 11.9. The zero-order chi connectivity index (χ0) is 13.8. The van der Waals surface area contributed by atoms with Crippen molar-refractivity contribution < 1.29 is 22.7 Å². The van der Waals surface area contributed by atoms with Crippen molar-refractivity contribution in [3.05, 3.63) is 35.7 Å². The van der Waals surface area contributed by atoms with Crippen LogP contribution in [-0.2, 0) is 0 Å². The fourth-order valence-corrected chi connectivity index (χ4v) is 1.29. The summed E-state index contributed by atoms with van der Waals surface area (Å²) >= 11 is 5.24. The van der Waals surface area contributed by atoms with E-state index in [4.69, 9.17) is 18.2 Å².